The molecule has 0 unspecified atom stereocenters. The van der Waals surface area contributed by atoms with Gasteiger partial charge in [-0.1, -0.05) is 29.8 Å². The smallest absolute Gasteiger partial charge is 0.337 e. The molecule has 0 spiro atoms. The van der Waals surface area contributed by atoms with E-state index in [0.717, 1.165) is 11.1 Å². The molecule has 3 rings (SSSR count). The van der Waals surface area contributed by atoms with Gasteiger partial charge in [0.15, 0.2) is 0 Å². The van der Waals surface area contributed by atoms with E-state index in [9.17, 15) is 13.2 Å². The lowest BCUT2D eigenvalue weighted by atomic mass is 10.1. The molecule has 1 saturated heterocycles. The quantitative estimate of drug-likeness (QED) is 0.691. The number of ether oxygens (including phenoxy) is 2. The third-order valence-electron chi connectivity index (χ3n) is 4.78. The second-order valence-electron chi connectivity index (χ2n) is 6.68. The Morgan fingerprint density at radius 2 is 1.64 bits per heavy atom. The summed E-state index contributed by atoms with van der Waals surface area (Å²) in [4.78, 5) is 11.8. The lowest BCUT2D eigenvalue weighted by molar-refractivity contribution is 0.0600. The summed E-state index contributed by atoms with van der Waals surface area (Å²) in [5.41, 5.74) is 3.05. The Bertz CT molecular complexity index is 957. The maximum absolute atomic E-state index is 13.0. The van der Waals surface area contributed by atoms with E-state index in [1.54, 1.807) is 18.2 Å². The summed E-state index contributed by atoms with van der Waals surface area (Å²) in [6.45, 7) is 3.24. The molecular formula is C20H24N2O5S. The highest BCUT2D eigenvalue weighted by Gasteiger charge is 2.36. The van der Waals surface area contributed by atoms with Crippen molar-refractivity contribution in [2.24, 2.45) is 0 Å². The molecular weight excluding hydrogens is 380 g/mol. The maximum Gasteiger partial charge on any atom is 0.337 e. The number of hydrogen-bond donors (Lipinski definition) is 0. The minimum absolute atomic E-state index is 0.126. The number of hydrogen-bond acceptors (Lipinski definition) is 5. The molecule has 8 heteroatoms. The topological polar surface area (TPSA) is 76.2 Å². The van der Waals surface area contributed by atoms with Gasteiger partial charge in [0.25, 0.3) is 10.2 Å². The van der Waals surface area contributed by atoms with E-state index in [4.69, 9.17) is 9.47 Å². The van der Waals surface area contributed by atoms with E-state index >= 15 is 0 Å². The van der Waals surface area contributed by atoms with Crippen LogP contribution in [0.4, 0.5) is 0 Å². The zero-order valence-electron chi connectivity index (χ0n) is 16.2. The Kier molecular flexibility index (Phi) is 6.02. The van der Waals surface area contributed by atoms with Crippen LogP contribution in [0, 0.1) is 6.92 Å². The molecule has 0 saturated carbocycles. The average molecular weight is 404 g/mol. The molecule has 2 aromatic rings. The molecule has 0 radical (unpaired) electrons. The summed E-state index contributed by atoms with van der Waals surface area (Å²) >= 11 is 0. The van der Waals surface area contributed by atoms with Gasteiger partial charge >= 0.3 is 5.97 Å². The van der Waals surface area contributed by atoms with Crippen molar-refractivity contribution in [3.63, 3.8) is 0 Å². The molecule has 7 nitrogen and oxygen atoms in total. The van der Waals surface area contributed by atoms with E-state index in [-0.39, 0.29) is 6.54 Å². The minimum atomic E-state index is -3.60. The van der Waals surface area contributed by atoms with Gasteiger partial charge in [-0.15, -0.1) is 0 Å². The predicted octanol–water partition coefficient (Wildman–Crippen LogP) is 2.35. The second-order valence-corrected chi connectivity index (χ2v) is 8.61. The minimum Gasteiger partial charge on any atom is -0.496 e. The van der Waals surface area contributed by atoms with Gasteiger partial charge < -0.3 is 9.47 Å². The monoisotopic (exact) mass is 404 g/mol. The Balaban J connectivity index is 1.80. The van der Waals surface area contributed by atoms with E-state index < -0.39 is 16.2 Å². The second kappa shape index (κ2) is 8.30. The predicted molar refractivity (Wildman–Crippen MR) is 105 cm³/mol. The number of esters is 1. The average Bonchev–Trinajstić information content (AvgIpc) is 2.96. The fraction of sp³-hybridized carbons (Fsp3) is 0.350. The molecule has 1 heterocycles. The van der Waals surface area contributed by atoms with Crippen LogP contribution >= 0.6 is 0 Å². The Hall–Kier alpha value is -2.42. The van der Waals surface area contributed by atoms with E-state index in [2.05, 4.69) is 0 Å². The zero-order valence-corrected chi connectivity index (χ0v) is 17.0. The van der Waals surface area contributed by atoms with Crippen LogP contribution in [0.5, 0.6) is 5.75 Å². The van der Waals surface area contributed by atoms with Crippen molar-refractivity contribution in [1.29, 1.82) is 0 Å². The summed E-state index contributed by atoms with van der Waals surface area (Å²) in [5, 5.41) is 0. The van der Waals surface area contributed by atoms with Crippen LogP contribution in [0.1, 0.15) is 27.0 Å². The highest BCUT2D eigenvalue weighted by atomic mass is 32.2. The van der Waals surface area contributed by atoms with Gasteiger partial charge in [-0.3, -0.25) is 0 Å². The van der Waals surface area contributed by atoms with Gasteiger partial charge in [0.1, 0.15) is 5.75 Å². The largest absolute Gasteiger partial charge is 0.496 e. The van der Waals surface area contributed by atoms with Crippen LogP contribution in [-0.4, -0.2) is 50.3 Å². The molecule has 1 aliphatic rings. The first kappa shape index (κ1) is 20.3. The number of carbonyl (C=O) groups excluding carboxylic acids is 1. The summed E-state index contributed by atoms with van der Waals surface area (Å²) in [6.07, 6.45) is 0. The van der Waals surface area contributed by atoms with Gasteiger partial charge in [0.2, 0.25) is 0 Å². The van der Waals surface area contributed by atoms with Crippen molar-refractivity contribution < 1.29 is 22.7 Å². The number of nitrogens with zero attached hydrogens (tertiary/aromatic N) is 2. The van der Waals surface area contributed by atoms with Gasteiger partial charge in [-0.25, -0.2) is 4.79 Å². The van der Waals surface area contributed by atoms with Gasteiger partial charge in [0.05, 0.1) is 19.8 Å². The standard InChI is InChI=1S/C20H24N2O5S/c1-15-4-6-16(7-5-15)13-21-10-11-22(28(21,24)25)14-18-12-17(20(23)27-3)8-9-19(18)26-2/h4-9,12H,10-11,13-14H2,1-3H3. The van der Waals surface area contributed by atoms with Crippen LogP contribution < -0.4 is 4.74 Å². The first-order valence-corrected chi connectivity index (χ1v) is 10.3. The van der Waals surface area contributed by atoms with Crippen LogP contribution in [0.2, 0.25) is 0 Å². The summed E-state index contributed by atoms with van der Waals surface area (Å²) in [7, 11) is -0.785. The molecule has 0 N–H and O–H groups in total. The number of benzene rings is 2. The lowest BCUT2D eigenvalue weighted by Crippen LogP contribution is -2.32. The highest BCUT2D eigenvalue weighted by molar-refractivity contribution is 7.86. The van der Waals surface area contributed by atoms with Crippen molar-refractivity contribution in [3.05, 3.63) is 64.7 Å². The van der Waals surface area contributed by atoms with Crippen LogP contribution in [0.15, 0.2) is 42.5 Å². The number of methoxy groups -OCH3 is 2. The van der Waals surface area contributed by atoms with E-state index in [1.165, 1.54) is 22.8 Å². The van der Waals surface area contributed by atoms with Gasteiger partial charge in [-0.05, 0) is 30.7 Å². The molecule has 1 aliphatic heterocycles. The fourth-order valence-corrected chi connectivity index (χ4v) is 4.74. The fourth-order valence-electron chi connectivity index (χ4n) is 3.17. The van der Waals surface area contributed by atoms with Crippen LogP contribution in [-0.2, 0) is 28.0 Å². The lowest BCUT2D eigenvalue weighted by Gasteiger charge is -2.20. The van der Waals surface area contributed by atoms with Crippen LogP contribution in [0.3, 0.4) is 0 Å². The molecule has 0 atom stereocenters. The number of aryl methyl sites for hydroxylation is 1. The molecule has 0 bridgehead atoms. The van der Waals surface area contributed by atoms with Gasteiger partial charge in [0, 0.05) is 31.7 Å². The first-order chi connectivity index (χ1) is 13.3. The Morgan fingerprint density at radius 1 is 1.00 bits per heavy atom. The molecule has 0 amide bonds. The van der Waals surface area contributed by atoms with Crippen molar-refractivity contribution >= 4 is 16.2 Å². The van der Waals surface area contributed by atoms with Crippen LogP contribution in [0.25, 0.3) is 0 Å². The van der Waals surface area contributed by atoms with Crippen molar-refractivity contribution in [3.8, 4) is 5.75 Å². The number of carbonyl (C=O) groups is 1. The Morgan fingerprint density at radius 3 is 2.25 bits per heavy atom. The van der Waals surface area contributed by atoms with E-state index in [1.807, 2.05) is 31.2 Å². The summed E-state index contributed by atoms with van der Waals surface area (Å²) < 4.78 is 38.9. The molecule has 150 valence electrons. The molecule has 28 heavy (non-hydrogen) atoms. The third-order valence-corrected chi connectivity index (χ3v) is 6.71. The molecule has 0 aromatic heterocycles. The number of rotatable bonds is 6. The normalized spacial score (nSPS) is 16.8. The first-order valence-electron chi connectivity index (χ1n) is 8.91. The van der Waals surface area contributed by atoms with E-state index in [0.29, 0.717) is 36.5 Å². The van der Waals surface area contributed by atoms with Crippen molar-refractivity contribution in [2.45, 2.75) is 20.0 Å². The highest BCUT2D eigenvalue weighted by Crippen LogP contribution is 2.27. The summed E-state index contributed by atoms with van der Waals surface area (Å²) in [6, 6.07) is 12.7. The van der Waals surface area contributed by atoms with Crippen molar-refractivity contribution in [1.82, 2.24) is 8.61 Å². The molecule has 2 aromatic carbocycles. The maximum atomic E-state index is 13.0. The molecule has 1 fully saturated rings. The third kappa shape index (κ3) is 4.19. The molecule has 0 aliphatic carbocycles. The summed E-state index contributed by atoms with van der Waals surface area (Å²) in [5.74, 6) is 0.0500. The van der Waals surface area contributed by atoms with Crippen molar-refractivity contribution in [2.75, 3.05) is 27.3 Å². The Labute approximate surface area is 165 Å². The zero-order chi connectivity index (χ0) is 20.3. The van der Waals surface area contributed by atoms with Gasteiger partial charge in [-0.2, -0.15) is 17.0 Å². The SMILES string of the molecule is COC(=O)c1ccc(OC)c(CN2CCN(Cc3ccc(C)cc3)S2(=O)=O)c1.